The maximum Gasteiger partial charge on any atom is 0.317 e. The first kappa shape index (κ1) is 22.2. The largest absolute Gasteiger partial charge is 0.480 e. The third-order valence-electron chi connectivity index (χ3n) is 4.37. The Bertz CT molecular complexity index is 592. The Morgan fingerprint density at radius 3 is 1.73 bits per heavy atom. The Morgan fingerprint density at radius 2 is 1.38 bits per heavy atom. The van der Waals surface area contributed by atoms with Gasteiger partial charge in [-0.25, -0.2) is 0 Å². The fourth-order valence-electron chi connectivity index (χ4n) is 3.20. The Balaban J connectivity index is 2.97. The van der Waals surface area contributed by atoms with Gasteiger partial charge in [-0.3, -0.25) is 14.5 Å². The van der Waals surface area contributed by atoms with Gasteiger partial charge in [-0.05, 0) is 34.3 Å². The fraction of sp³-hybridized carbons (Fsp3) is 0.619. The first-order valence-electron chi connectivity index (χ1n) is 9.03. The van der Waals surface area contributed by atoms with E-state index in [2.05, 4.69) is 53.7 Å². The van der Waals surface area contributed by atoms with Crippen molar-refractivity contribution in [2.24, 2.45) is 10.8 Å². The van der Waals surface area contributed by atoms with Crippen LogP contribution in [0.25, 0.3) is 0 Å². The van der Waals surface area contributed by atoms with Gasteiger partial charge in [0.1, 0.15) is 0 Å². The summed E-state index contributed by atoms with van der Waals surface area (Å²) in [7, 11) is 0. The van der Waals surface area contributed by atoms with Crippen LogP contribution in [0.4, 0.5) is 0 Å². The van der Waals surface area contributed by atoms with Gasteiger partial charge >= 0.3 is 11.9 Å². The van der Waals surface area contributed by atoms with E-state index in [1.54, 1.807) is 0 Å². The van der Waals surface area contributed by atoms with Crippen LogP contribution in [0.3, 0.4) is 0 Å². The van der Waals surface area contributed by atoms with E-state index < -0.39 is 11.9 Å². The summed E-state index contributed by atoms with van der Waals surface area (Å²) >= 11 is 0. The van der Waals surface area contributed by atoms with Crippen molar-refractivity contribution >= 4 is 11.9 Å². The van der Waals surface area contributed by atoms with E-state index in [9.17, 15) is 9.59 Å². The molecular weight excluding hydrogens is 330 g/mol. The Morgan fingerprint density at radius 1 is 0.923 bits per heavy atom. The molecule has 0 heterocycles. The monoisotopic (exact) mass is 363 g/mol. The van der Waals surface area contributed by atoms with Gasteiger partial charge in [0.25, 0.3) is 0 Å². The van der Waals surface area contributed by atoms with E-state index in [1.165, 1.54) is 10.5 Å². The molecule has 0 aromatic heterocycles. The number of aliphatic carboxylic acids is 2. The van der Waals surface area contributed by atoms with Crippen LogP contribution in [0.5, 0.6) is 0 Å². The summed E-state index contributed by atoms with van der Waals surface area (Å²) in [6.45, 7) is 13.2. The second-order valence-corrected chi connectivity index (χ2v) is 9.36. The van der Waals surface area contributed by atoms with E-state index >= 15 is 0 Å². The van der Waals surface area contributed by atoms with Crippen LogP contribution in [0.15, 0.2) is 24.3 Å². The number of rotatable bonds is 8. The number of carboxylic acid groups (broad SMARTS) is 2. The zero-order chi connectivity index (χ0) is 20.1. The first-order chi connectivity index (χ1) is 11.8. The molecule has 0 aliphatic heterocycles. The highest BCUT2D eigenvalue weighted by Crippen LogP contribution is 2.43. The summed E-state index contributed by atoms with van der Waals surface area (Å²) in [4.78, 5) is 23.3. The Kier molecular flexibility index (Phi) is 7.39. The third-order valence-corrected chi connectivity index (χ3v) is 4.37. The van der Waals surface area contributed by atoms with Crippen molar-refractivity contribution in [2.45, 2.75) is 60.4 Å². The van der Waals surface area contributed by atoms with Crippen molar-refractivity contribution in [1.82, 2.24) is 4.90 Å². The van der Waals surface area contributed by atoms with Crippen LogP contribution < -0.4 is 0 Å². The molecule has 5 nitrogen and oxygen atoms in total. The molecular formula is C21H33NO4. The van der Waals surface area contributed by atoms with E-state index in [0.717, 1.165) is 12.0 Å². The molecule has 1 unspecified atom stereocenters. The summed E-state index contributed by atoms with van der Waals surface area (Å²) in [5, 5.41) is 17.9. The van der Waals surface area contributed by atoms with Crippen LogP contribution in [0, 0.1) is 10.8 Å². The molecule has 5 heteroatoms. The molecule has 26 heavy (non-hydrogen) atoms. The van der Waals surface area contributed by atoms with Crippen molar-refractivity contribution in [1.29, 1.82) is 0 Å². The van der Waals surface area contributed by atoms with Crippen LogP contribution in [-0.2, 0) is 16.1 Å². The first-order valence-corrected chi connectivity index (χ1v) is 9.03. The van der Waals surface area contributed by atoms with Gasteiger partial charge in [0.2, 0.25) is 0 Å². The molecule has 1 rings (SSSR count). The Hall–Kier alpha value is -1.88. The molecule has 1 aromatic rings. The zero-order valence-electron chi connectivity index (χ0n) is 16.9. The number of carbonyl (C=O) groups is 2. The smallest absolute Gasteiger partial charge is 0.317 e. The normalized spacial score (nSPS) is 13.7. The van der Waals surface area contributed by atoms with Gasteiger partial charge in [0.15, 0.2) is 0 Å². The third kappa shape index (κ3) is 8.00. The molecule has 2 N–H and O–H groups in total. The van der Waals surface area contributed by atoms with Crippen molar-refractivity contribution < 1.29 is 19.8 Å². The van der Waals surface area contributed by atoms with E-state index in [4.69, 9.17) is 10.2 Å². The highest BCUT2D eigenvalue weighted by molar-refractivity contribution is 5.72. The molecule has 1 aromatic carbocycles. The van der Waals surface area contributed by atoms with Gasteiger partial charge in [0, 0.05) is 6.54 Å². The molecule has 146 valence electrons. The second kappa shape index (κ2) is 8.67. The van der Waals surface area contributed by atoms with E-state index in [-0.39, 0.29) is 23.9 Å². The van der Waals surface area contributed by atoms with Gasteiger partial charge in [-0.2, -0.15) is 0 Å². The average molecular weight is 363 g/mol. The lowest BCUT2D eigenvalue weighted by Crippen LogP contribution is -2.34. The van der Waals surface area contributed by atoms with Crippen LogP contribution >= 0.6 is 0 Å². The van der Waals surface area contributed by atoms with Gasteiger partial charge < -0.3 is 10.2 Å². The lowest BCUT2D eigenvalue weighted by molar-refractivity contribution is -0.142. The minimum atomic E-state index is -1.03. The molecule has 0 saturated carbocycles. The molecule has 0 radical (unpaired) electrons. The predicted molar refractivity (Wildman–Crippen MR) is 103 cm³/mol. The summed E-state index contributed by atoms with van der Waals surface area (Å²) in [5.41, 5.74) is 2.53. The Labute approximate surface area is 157 Å². The predicted octanol–water partition coefficient (Wildman–Crippen LogP) is 4.22. The maximum absolute atomic E-state index is 10.9. The highest BCUT2D eigenvalue weighted by Gasteiger charge is 2.30. The van der Waals surface area contributed by atoms with Crippen LogP contribution in [0.2, 0.25) is 0 Å². The number of hydrogen-bond donors (Lipinski definition) is 2. The van der Waals surface area contributed by atoms with Crippen molar-refractivity contribution in [2.75, 3.05) is 13.1 Å². The second-order valence-electron chi connectivity index (χ2n) is 9.36. The standard InChI is InChI=1S/C21H33NO4/c1-20(2,3)11-17(21(4,5)6)16-9-7-15(8-10-16)12-22(13-18(23)24)14-19(25)26/h7-10,17H,11-14H2,1-6H3,(H,23,24)(H,25,26). The lowest BCUT2D eigenvalue weighted by Gasteiger charge is -2.36. The molecule has 0 fully saturated rings. The molecule has 0 bridgehead atoms. The summed E-state index contributed by atoms with van der Waals surface area (Å²) in [5.74, 6) is -1.65. The molecule has 0 spiro atoms. The zero-order valence-corrected chi connectivity index (χ0v) is 16.9. The minimum absolute atomic E-state index is 0.132. The SMILES string of the molecule is CC(C)(C)CC(c1ccc(CN(CC(=O)O)CC(=O)O)cc1)C(C)(C)C. The number of hydrogen-bond acceptors (Lipinski definition) is 3. The van der Waals surface area contributed by atoms with E-state index in [0.29, 0.717) is 12.5 Å². The van der Waals surface area contributed by atoms with Crippen LogP contribution in [-0.4, -0.2) is 40.1 Å². The average Bonchev–Trinajstić information content (AvgIpc) is 2.42. The molecule has 0 aliphatic rings. The summed E-state index contributed by atoms with van der Waals surface area (Å²) in [6.07, 6.45) is 1.07. The quantitative estimate of drug-likeness (QED) is 0.723. The van der Waals surface area contributed by atoms with Gasteiger partial charge in [-0.15, -0.1) is 0 Å². The topological polar surface area (TPSA) is 77.8 Å². The van der Waals surface area contributed by atoms with Crippen molar-refractivity contribution in [3.05, 3.63) is 35.4 Å². The van der Waals surface area contributed by atoms with Crippen LogP contribution in [0.1, 0.15) is 65.0 Å². The molecule has 0 saturated heterocycles. The molecule has 1 atom stereocenters. The van der Waals surface area contributed by atoms with E-state index in [1.807, 2.05) is 12.1 Å². The summed E-state index contributed by atoms with van der Waals surface area (Å²) < 4.78 is 0. The molecule has 0 amide bonds. The highest BCUT2D eigenvalue weighted by atomic mass is 16.4. The number of benzene rings is 1. The number of nitrogens with zero attached hydrogens (tertiary/aromatic N) is 1. The minimum Gasteiger partial charge on any atom is -0.480 e. The lowest BCUT2D eigenvalue weighted by atomic mass is 9.69. The maximum atomic E-state index is 10.9. The molecule has 0 aliphatic carbocycles. The summed E-state index contributed by atoms with van der Waals surface area (Å²) in [6, 6.07) is 8.15. The fourth-order valence-corrected chi connectivity index (χ4v) is 3.20. The van der Waals surface area contributed by atoms with Crippen molar-refractivity contribution in [3.63, 3.8) is 0 Å². The van der Waals surface area contributed by atoms with Crippen molar-refractivity contribution in [3.8, 4) is 0 Å². The number of carboxylic acids is 2. The van der Waals surface area contributed by atoms with Gasteiger partial charge in [0.05, 0.1) is 13.1 Å². The van der Waals surface area contributed by atoms with Gasteiger partial charge in [-0.1, -0.05) is 65.8 Å².